The second kappa shape index (κ2) is 11.1. The molecule has 2 N–H and O–H groups in total. The number of amides is 1. The summed E-state index contributed by atoms with van der Waals surface area (Å²) in [5.41, 5.74) is 3.12. The lowest BCUT2D eigenvalue weighted by Gasteiger charge is -2.25. The van der Waals surface area contributed by atoms with Crippen LogP contribution in [0.1, 0.15) is 40.2 Å². The van der Waals surface area contributed by atoms with E-state index in [1.165, 1.54) is 22.8 Å². The number of carbonyl (C=O) groups excluding carboxylic acids is 1. The fourth-order valence-corrected chi connectivity index (χ4v) is 6.10. The fourth-order valence-electron chi connectivity index (χ4n) is 5.07. The van der Waals surface area contributed by atoms with Crippen molar-refractivity contribution in [3.05, 3.63) is 144 Å². The molecule has 5 aromatic rings. The van der Waals surface area contributed by atoms with Gasteiger partial charge >= 0.3 is 5.97 Å². The van der Waals surface area contributed by atoms with Gasteiger partial charge in [0.2, 0.25) is 0 Å². The number of hydrogen-bond acceptors (Lipinski definition) is 6. The first-order chi connectivity index (χ1) is 20.7. The van der Waals surface area contributed by atoms with Crippen LogP contribution in [-0.4, -0.2) is 21.6 Å². The number of carbonyl (C=O) groups is 2. The van der Waals surface area contributed by atoms with Crippen molar-refractivity contribution < 1.29 is 23.5 Å². The average molecular weight is 594 g/mol. The van der Waals surface area contributed by atoms with Crippen molar-refractivity contribution in [3.63, 3.8) is 0 Å². The lowest BCUT2D eigenvalue weighted by Crippen LogP contribution is -2.40. The lowest BCUT2D eigenvalue weighted by molar-refractivity contribution is -0.113. The molecule has 2 aromatic heterocycles. The monoisotopic (exact) mass is 593 g/mol. The Morgan fingerprint density at radius 2 is 1.77 bits per heavy atom. The number of anilines is 1. The number of rotatable bonds is 6. The largest absolute Gasteiger partial charge is 0.478 e. The number of thiazole rings is 1. The third-order valence-electron chi connectivity index (χ3n) is 7.12. The van der Waals surface area contributed by atoms with Gasteiger partial charge in [0, 0.05) is 17.3 Å². The zero-order valence-electron chi connectivity index (χ0n) is 23.0. The molecule has 0 saturated carbocycles. The Bertz CT molecular complexity index is 2110. The van der Waals surface area contributed by atoms with Crippen molar-refractivity contribution in [2.75, 3.05) is 5.32 Å². The number of nitrogens with one attached hydrogen (secondary N) is 1. The van der Waals surface area contributed by atoms with Gasteiger partial charge in [-0.2, -0.15) is 0 Å². The molecule has 0 unspecified atom stereocenters. The maximum absolute atomic E-state index is 13.9. The molecule has 0 aliphatic carbocycles. The normalized spacial score (nSPS) is 14.8. The van der Waals surface area contributed by atoms with Crippen molar-refractivity contribution in [3.8, 4) is 11.3 Å². The maximum atomic E-state index is 13.9. The summed E-state index contributed by atoms with van der Waals surface area (Å²) in [4.78, 5) is 43.8. The van der Waals surface area contributed by atoms with Gasteiger partial charge in [0.1, 0.15) is 17.3 Å². The summed E-state index contributed by atoms with van der Waals surface area (Å²) in [6, 6.07) is 22.1. The van der Waals surface area contributed by atoms with E-state index in [2.05, 4.69) is 10.3 Å². The summed E-state index contributed by atoms with van der Waals surface area (Å²) in [5.74, 6) is -0.934. The number of fused-ring (bicyclic) bond motifs is 1. The lowest BCUT2D eigenvalue weighted by atomic mass is 9.95. The fraction of sp³-hybridized carbons (Fsp3) is 0.0909. The SMILES string of the molecule is CC1=C(C(=O)Nc2ccccc2)[C@@H](c2ccc(F)cc2)n2c(s/c(=C\c3ccc(-c4ccc(C(=O)O)cc4C)o3)c2=O)=N1. The number of benzene rings is 3. The number of carboxylic acids is 1. The molecule has 8 nitrogen and oxygen atoms in total. The van der Waals surface area contributed by atoms with Crippen molar-refractivity contribution in [2.24, 2.45) is 4.99 Å². The minimum Gasteiger partial charge on any atom is -0.478 e. The smallest absolute Gasteiger partial charge is 0.335 e. The summed E-state index contributed by atoms with van der Waals surface area (Å²) in [5, 5.41) is 12.1. The first-order valence-electron chi connectivity index (χ1n) is 13.3. The van der Waals surface area contributed by atoms with Crippen LogP contribution < -0.4 is 20.2 Å². The molecule has 0 fully saturated rings. The van der Waals surface area contributed by atoms with E-state index < -0.39 is 23.7 Å². The van der Waals surface area contributed by atoms with Gasteiger partial charge in [-0.05, 0) is 73.5 Å². The Balaban J connectivity index is 1.43. The Morgan fingerprint density at radius 1 is 1.02 bits per heavy atom. The zero-order chi connectivity index (χ0) is 30.2. The predicted octanol–water partition coefficient (Wildman–Crippen LogP) is 5.28. The van der Waals surface area contributed by atoms with Crippen LogP contribution in [0.3, 0.4) is 0 Å². The molecular weight excluding hydrogens is 569 g/mol. The highest BCUT2D eigenvalue weighted by Gasteiger charge is 2.32. The highest BCUT2D eigenvalue weighted by atomic mass is 32.1. The number of aryl methyl sites for hydroxylation is 1. The molecule has 10 heteroatoms. The van der Waals surface area contributed by atoms with Crippen LogP contribution in [0, 0.1) is 12.7 Å². The number of furan rings is 1. The highest BCUT2D eigenvalue weighted by Crippen LogP contribution is 2.31. The number of para-hydroxylation sites is 1. The Labute approximate surface area is 248 Å². The predicted molar refractivity (Wildman–Crippen MR) is 161 cm³/mol. The van der Waals surface area contributed by atoms with Gasteiger partial charge in [0.05, 0.1) is 27.4 Å². The van der Waals surface area contributed by atoms with Crippen molar-refractivity contribution in [1.82, 2.24) is 4.57 Å². The van der Waals surface area contributed by atoms with Crippen molar-refractivity contribution in [1.29, 1.82) is 0 Å². The van der Waals surface area contributed by atoms with E-state index in [0.29, 0.717) is 37.8 Å². The topological polar surface area (TPSA) is 114 Å². The van der Waals surface area contributed by atoms with Gasteiger partial charge in [0.25, 0.3) is 11.5 Å². The van der Waals surface area contributed by atoms with Crippen LogP contribution in [-0.2, 0) is 4.79 Å². The van der Waals surface area contributed by atoms with E-state index in [1.807, 2.05) is 6.07 Å². The van der Waals surface area contributed by atoms with Crippen LogP contribution in [0.15, 0.2) is 110 Å². The average Bonchev–Trinajstić information content (AvgIpc) is 3.57. The first kappa shape index (κ1) is 27.8. The van der Waals surface area contributed by atoms with Crippen LogP contribution >= 0.6 is 11.3 Å². The third-order valence-corrected chi connectivity index (χ3v) is 8.11. The summed E-state index contributed by atoms with van der Waals surface area (Å²) < 4.78 is 21.7. The molecule has 0 spiro atoms. The summed E-state index contributed by atoms with van der Waals surface area (Å²) in [6.07, 6.45) is 1.61. The van der Waals surface area contributed by atoms with E-state index in [0.717, 1.165) is 22.5 Å². The van der Waals surface area contributed by atoms with E-state index in [4.69, 9.17) is 4.42 Å². The molecule has 0 bridgehead atoms. The minimum absolute atomic E-state index is 0.178. The van der Waals surface area contributed by atoms with Crippen LogP contribution in [0.5, 0.6) is 0 Å². The molecule has 214 valence electrons. The summed E-state index contributed by atoms with van der Waals surface area (Å²) in [6.45, 7) is 3.51. The van der Waals surface area contributed by atoms with Crippen LogP contribution in [0.4, 0.5) is 10.1 Å². The molecule has 1 aliphatic rings. The number of aromatic nitrogens is 1. The molecular formula is C33H24FN3O5S. The molecule has 43 heavy (non-hydrogen) atoms. The highest BCUT2D eigenvalue weighted by molar-refractivity contribution is 7.07. The number of allylic oxidation sites excluding steroid dienone is 1. The van der Waals surface area contributed by atoms with E-state index in [9.17, 15) is 23.9 Å². The first-order valence-corrected chi connectivity index (χ1v) is 14.1. The quantitative estimate of drug-likeness (QED) is 0.278. The van der Waals surface area contributed by atoms with Gasteiger partial charge in [-0.15, -0.1) is 0 Å². The van der Waals surface area contributed by atoms with Gasteiger partial charge in [0.15, 0.2) is 4.80 Å². The van der Waals surface area contributed by atoms with Gasteiger partial charge in [-0.1, -0.05) is 47.7 Å². The second-order valence-corrected chi connectivity index (χ2v) is 11.0. The molecule has 0 radical (unpaired) electrons. The number of hydrogen-bond donors (Lipinski definition) is 2. The van der Waals surface area contributed by atoms with Gasteiger partial charge in [-0.25, -0.2) is 14.2 Å². The third kappa shape index (κ3) is 5.35. The van der Waals surface area contributed by atoms with Crippen molar-refractivity contribution >= 4 is 35.0 Å². The number of aromatic carboxylic acids is 1. The molecule has 6 rings (SSSR count). The number of halogens is 1. The standard InChI is InChI=1S/C33H24FN3O5S/c1-18-16-21(32(40)41)10-14-25(18)26-15-13-24(42-26)17-27-31(39)37-29(20-8-11-22(34)12-9-20)28(19(2)35-33(37)43-27)30(38)36-23-6-4-3-5-7-23/h3-17,29H,1-2H3,(H,36,38)(H,40,41)/b27-17-/t29-/m1/s1. The maximum Gasteiger partial charge on any atom is 0.335 e. The molecule has 0 saturated heterocycles. The molecule has 1 amide bonds. The Morgan fingerprint density at radius 3 is 2.47 bits per heavy atom. The summed E-state index contributed by atoms with van der Waals surface area (Å²) >= 11 is 1.16. The van der Waals surface area contributed by atoms with Gasteiger partial charge in [-0.3, -0.25) is 14.2 Å². The summed E-state index contributed by atoms with van der Waals surface area (Å²) in [7, 11) is 0. The molecule has 3 heterocycles. The Hall–Kier alpha value is -5.35. The molecule has 1 aliphatic heterocycles. The number of nitrogens with zero attached hydrogens (tertiary/aromatic N) is 2. The Kier molecular flexibility index (Phi) is 7.21. The van der Waals surface area contributed by atoms with E-state index in [-0.39, 0.29) is 16.7 Å². The van der Waals surface area contributed by atoms with Crippen molar-refractivity contribution in [2.45, 2.75) is 19.9 Å². The molecule has 3 aromatic carbocycles. The zero-order valence-corrected chi connectivity index (χ0v) is 23.8. The van der Waals surface area contributed by atoms with Gasteiger partial charge < -0.3 is 14.8 Å². The van der Waals surface area contributed by atoms with E-state index in [1.54, 1.807) is 80.6 Å². The van der Waals surface area contributed by atoms with Crippen LogP contribution in [0.25, 0.3) is 17.4 Å². The van der Waals surface area contributed by atoms with Crippen LogP contribution in [0.2, 0.25) is 0 Å². The minimum atomic E-state index is -1.01. The van der Waals surface area contributed by atoms with E-state index >= 15 is 0 Å². The molecule has 1 atom stereocenters. The number of carboxylic acid groups (broad SMARTS) is 1. The second-order valence-electron chi connectivity index (χ2n) is 9.99.